The van der Waals surface area contributed by atoms with Gasteiger partial charge < -0.3 is 14.6 Å². The molecule has 1 saturated heterocycles. The van der Waals surface area contributed by atoms with Crippen molar-refractivity contribution in [3.63, 3.8) is 0 Å². The first-order valence-electron chi connectivity index (χ1n) is 7.69. The fourth-order valence-corrected chi connectivity index (χ4v) is 2.73. The second kappa shape index (κ2) is 7.25. The first-order chi connectivity index (χ1) is 9.97. The first-order valence-corrected chi connectivity index (χ1v) is 7.69. The lowest BCUT2D eigenvalue weighted by molar-refractivity contribution is -0.0361. The number of aryl methyl sites for hydroxylation is 2. The van der Waals surface area contributed by atoms with Gasteiger partial charge in [-0.1, -0.05) is 12.1 Å². The van der Waals surface area contributed by atoms with Crippen LogP contribution in [0.3, 0.4) is 0 Å². The zero-order valence-electron chi connectivity index (χ0n) is 13.6. The van der Waals surface area contributed by atoms with Crippen molar-refractivity contribution in [3.05, 3.63) is 28.8 Å². The number of aliphatic hydroxyl groups excluding tert-OH is 1. The summed E-state index contributed by atoms with van der Waals surface area (Å²) in [5.41, 5.74) is 3.49. The van der Waals surface area contributed by atoms with Gasteiger partial charge in [-0.2, -0.15) is 0 Å². The van der Waals surface area contributed by atoms with Gasteiger partial charge in [0.15, 0.2) is 0 Å². The van der Waals surface area contributed by atoms with Gasteiger partial charge in [-0.3, -0.25) is 4.90 Å². The van der Waals surface area contributed by atoms with Crippen LogP contribution in [-0.2, 0) is 4.74 Å². The number of benzene rings is 1. The van der Waals surface area contributed by atoms with E-state index in [-0.39, 0.29) is 6.10 Å². The van der Waals surface area contributed by atoms with Crippen LogP contribution in [0.25, 0.3) is 0 Å². The van der Waals surface area contributed by atoms with Gasteiger partial charge in [0.1, 0.15) is 18.5 Å². The van der Waals surface area contributed by atoms with Crippen molar-refractivity contribution in [1.29, 1.82) is 0 Å². The summed E-state index contributed by atoms with van der Waals surface area (Å²) in [5, 5.41) is 10.2. The summed E-state index contributed by atoms with van der Waals surface area (Å²) in [5.74, 6) is 0.907. The summed E-state index contributed by atoms with van der Waals surface area (Å²) in [7, 11) is 0. The number of nitrogens with zero attached hydrogens (tertiary/aromatic N) is 1. The van der Waals surface area contributed by atoms with Crippen LogP contribution in [0.4, 0.5) is 0 Å². The SMILES string of the molecule is Cc1ccc(C)c(OCC(O)CN2CCOC(C)C2)c1C. The number of morpholine rings is 1. The topological polar surface area (TPSA) is 41.9 Å². The standard InChI is InChI=1S/C17H27NO3/c1-12-5-6-13(2)17(15(12)4)21-11-16(19)10-18-7-8-20-14(3)9-18/h5-6,14,16,19H,7-11H2,1-4H3. The number of rotatable bonds is 5. The number of aliphatic hydroxyl groups is 1. The highest BCUT2D eigenvalue weighted by molar-refractivity contribution is 5.44. The van der Waals surface area contributed by atoms with E-state index < -0.39 is 6.10 Å². The van der Waals surface area contributed by atoms with Gasteiger partial charge in [0, 0.05) is 19.6 Å². The second-order valence-electron chi connectivity index (χ2n) is 6.06. The maximum atomic E-state index is 10.2. The molecule has 0 saturated carbocycles. The molecule has 1 N–H and O–H groups in total. The van der Waals surface area contributed by atoms with Gasteiger partial charge in [-0.25, -0.2) is 0 Å². The molecule has 2 atom stereocenters. The molecule has 118 valence electrons. The number of ether oxygens (including phenoxy) is 2. The van der Waals surface area contributed by atoms with E-state index in [2.05, 4.69) is 37.8 Å². The average molecular weight is 293 g/mol. The molecule has 0 amide bonds. The number of hydrogen-bond donors (Lipinski definition) is 1. The molecular formula is C17H27NO3. The maximum Gasteiger partial charge on any atom is 0.125 e. The van der Waals surface area contributed by atoms with Crippen LogP contribution in [0.2, 0.25) is 0 Å². The third kappa shape index (κ3) is 4.43. The second-order valence-corrected chi connectivity index (χ2v) is 6.06. The Labute approximate surface area is 127 Å². The minimum atomic E-state index is -0.477. The normalized spacial score (nSPS) is 21.3. The molecule has 21 heavy (non-hydrogen) atoms. The number of hydrogen-bond acceptors (Lipinski definition) is 4. The van der Waals surface area contributed by atoms with Gasteiger partial charge in [-0.05, 0) is 44.4 Å². The van der Waals surface area contributed by atoms with Gasteiger partial charge in [0.2, 0.25) is 0 Å². The maximum absolute atomic E-state index is 10.2. The lowest BCUT2D eigenvalue weighted by atomic mass is 10.1. The summed E-state index contributed by atoms with van der Waals surface area (Å²) >= 11 is 0. The van der Waals surface area contributed by atoms with Crippen molar-refractivity contribution in [3.8, 4) is 5.75 Å². The van der Waals surface area contributed by atoms with E-state index in [4.69, 9.17) is 9.47 Å². The highest BCUT2D eigenvalue weighted by atomic mass is 16.5. The van der Waals surface area contributed by atoms with Crippen molar-refractivity contribution in [1.82, 2.24) is 4.90 Å². The molecule has 1 aliphatic rings. The molecule has 1 aromatic carbocycles. The Bertz CT molecular complexity index is 475. The fraction of sp³-hybridized carbons (Fsp3) is 0.647. The molecule has 0 spiro atoms. The summed E-state index contributed by atoms with van der Waals surface area (Å²) in [6, 6.07) is 4.16. The van der Waals surface area contributed by atoms with Gasteiger partial charge in [0.25, 0.3) is 0 Å². The molecule has 4 nitrogen and oxygen atoms in total. The molecule has 4 heteroatoms. The lowest BCUT2D eigenvalue weighted by Gasteiger charge is -2.32. The molecule has 1 aromatic rings. The number of β-amino-alcohol motifs (C(OH)–C–C–N with tert-alkyl or cyclic N) is 1. The summed E-state index contributed by atoms with van der Waals surface area (Å²) in [4.78, 5) is 2.23. The molecule has 1 fully saturated rings. The Balaban J connectivity index is 1.86. The molecule has 1 heterocycles. The fourth-order valence-electron chi connectivity index (χ4n) is 2.73. The van der Waals surface area contributed by atoms with Crippen molar-refractivity contribution in [2.45, 2.75) is 39.9 Å². The highest BCUT2D eigenvalue weighted by Crippen LogP contribution is 2.25. The van der Waals surface area contributed by atoms with E-state index in [1.807, 2.05) is 6.92 Å². The molecule has 0 bridgehead atoms. The summed E-state index contributed by atoms with van der Waals surface area (Å²) in [6.45, 7) is 11.7. The van der Waals surface area contributed by atoms with Crippen molar-refractivity contribution >= 4 is 0 Å². The predicted molar refractivity (Wildman–Crippen MR) is 84.0 cm³/mol. The molecule has 1 aliphatic heterocycles. The monoisotopic (exact) mass is 293 g/mol. The molecular weight excluding hydrogens is 266 g/mol. The minimum Gasteiger partial charge on any atom is -0.490 e. The van der Waals surface area contributed by atoms with Crippen molar-refractivity contribution in [2.75, 3.05) is 32.8 Å². The molecule has 0 radical (unpaired) electrons. The molecule has 2 unspecified atom stereocenters. The molecule has 2 rings (SSSR count). The van der Waals surface area contributed by atoms with Gasteiger partial charge in [0.05, 0.1) is 12.7 Å². The van der Waals surface area contributed by atoms with Gasteiger partial charge in [-0.15, -0.1) is 0 Å². The summed E-state index contributed by atoms with van der Waals surface area (Å²) < 4.78 is 11.4. The van der Waals surface area contributed by atoms with Crippen LogP contribution >= 0.6 is 0 Å². The van der Waals surface area contributed by atoms with Gasteiger partial charge >= 0.3 is 0 Å². The van der Waals surface area contributed by atoms with Crippen LogP contribution in [0.15, 0.2) is 12.1 Å². The third-order valence-electron chi connectivity index (χ3n) is 4.09. The van der Waals surface area contributed by atoms with E-state index in [1.165, 1.54) is 5.56 Å². The predicted octanol–water partition coefficient (Wildman–Crippen LogP) is 2.07. The average Bonchev–Trinajstić information content (AvgIpc) is 2.43. The molecule has 0 aliphatic carbocycles. The Morgan fingerprint density at radius 2 is 2.05 bits per heavy atom. The zero-order chi connectivity index (χ0) is 15.4. The van der Waals surface area contributed by atoms with Crippen LogP contribution < -0.4 is 4.74 Å². The van der Waals surface area contributed by atoms with Crippen LogP contribution in [0.1, 0.15) is 23.6 Å². The van der Waals surface area contributed by atoms with Crippen LogP contribution in [-0.4, -0.2) is 55.1 Å². The summed E-state index contributed by atoms with van der Waals surface area (Å²) in [6.07, 6.45) is -0.234. The van der Waals surface area contributed by atoms with E-state index >= 15 is 0 Å². The smallest absolute Gasteiger partial charge is 0.125 e. The van der Waals surface area contributed by atoms with Crippen LogP contribution in [0.5, 0.6) is 5.75 Å². The first kappa shape index (κ1) is 16.3. The quantitative estimate of drug-likeness (QED) is 0.902. The van der Waals surface area contributed by atoms with E-state index in [1.54, 1.807) is 0 Å². The Kier molecular flexibility index (Phi) is 5.62. The van der Waals surface area contributed by atoms with Crippen molar-refractivity contribution < 1.29 is 14.6 Å². The molecule has 0 aromatic heterocycles. The highest BCUT2D eigenvalue weighted by Gasteiger charge is 2.19. The Morgan fingerprint density at radius 3 is 2.76 bits per heavy atom. The van der Waals surface area contributed by atoms with Crippen molar-refractivity contribution in [2.24, 2.45) is 0 Å². The van der Waals surface area contributed by atoms with E-state index in [0.717, 1.165) is 36.6 Å². The van der Waals surface area contributed by atoms with Crippen LogP contribution in [0, 0.1) is 20.8 Å². The Morgan fingerprint density at radius 1 is 1.33 bits per heavy atom. The van der Waals surface area contributed by atoms with E-state index in [0.29, 0.717) is 13.2 Å². The van der Waals surface area contributed by atoms with E-state index in [9.17, 15) is 5.11 Å². The Hall–Kier alpha value is -1.10. The zero-order valence-corrected chi connectivity index (χ0v) is 13.6. The lowest BCUT2D eigenvalue weighted by Crippen LogP contribution is -2.45. The largest absolute Gasteiger partial charge is 0.490 e. The third-order valence-corrected chi connectivity index (χ3v) is 4.09. The minimum absolute atomic E-state index is 0.244.